The van der Waals surface area contributed by atoms with Crippen molar-refractivity contribution in [3.8, 4) is 0 Å². The number of piperidine rings is 1. The predicted octanol–water partition coefficient (Wildman–Crippen LogP) is 3.37. The molecule has 5 heterocycles. The van der Waals surface area contributed by atoms with Gasteiger partial charge in [-0.15, -0.1) is 11.3 Å². The van der Waals surface area contributed by atoms with Gasteiger partial charge in [-0.05, 0) is 42.8 Å². The Morgan fingerprint density at radius 1 is 1.38 bits per heavy atom. The van der Waals surface area contributed by atoms with Crippen LogP contribution in [0.15, 0.2) is 23.7 Å². The Bertz CT molecular complexity index is 1070. The summed E-state index contributed by atoms with van der Waals surface area (Å²) in [5.41, 5.74) is 3.18. The van der Waals surface area contributed by atoms with Crippen molar-refractivity contribution < 1.29 is 14.3 Å². The second-order valence-corrected chi connectivity index (χ2v) is 8.55. The number of esters is 1. The minimum atomic E-state index is -0.395. The highest BCUT2D eigenvalue weighted by atomic mass is 32.1. The first kappa shape index (κ1) is 18.6. The van der Waals surface area contributed by atoms with Crippen LogP contribution in [0.4, 0.5) is 5.95 Å². The largest absolute Gasteiger partial charge is 0.465 e. The van der Waals surface area contributed by atoms with Crippen molar-refractivity contribution in [2.24, 2.45) is 0 Å². The highest BCUT2D eigenvalue weighted by Gasteiger charge is 2.42. The third-order valence-corrected chi connectivity index (χ3v) is 7.08. The van der Waals surface area contributed by atoms with Crippen molar-refractivity contribution in [1.82, 2.24) is 14.5 Å². The van der Waals surface area contributed by atoms with E-state index in [4.69, 9.17) is 14.5 Å². The molecule has 0 aromatic carbocycles. The summed E-state index contributed by atoms with van der Waals surface area (Å²) < 4.78 is 13.3. The highest BCUT2D eigenvalue weighted by molar-refractivity contribution is 7.10. The number of thiophene rings is 1. The van der Waals surface area contributed by atoms with Crippen LogP contribution in [0.3, 0.4) is 0 Å². The van der Waals surface area contributed by atoms with Crippen LogP contribution in [-0.2, 0) is 28.0 Å². The third-order valence-electron chi connectivity index (χ3n) is 6.10. The molecular formula is C21H24N4O3S. The Labute approximate surface area is 173 Å². The molecule has 2 aliphatic rings. The van der Waals surface area contributed by atoms with Gasteiger partial charge in [0.05, 0.1) is 24.9 Å². The van der Waals surface area contributed by atoms with E-state index >= 15 is 0 Å². The normalized spacial score (nSPS) is 18.2. The van der Waals surface area contributed by atoms with Crippen LogP contribution in [0.2, 0.25) is 0 Å². The first-order chi connectivity index (χ1) is 14.1. The molecule has 5 rings (SSSR count). The number of aromatic nitrogens is 3. The zero-order valence-electron chi connectivity index (χ0n) is 16.7. The van der Waals surface area contributed by atoms with Crippen LogP contribution < -0.4 is 4.90 Å². The SMILES string of the molecule is CCn1c(N2CCC3(CC2)OCCc2sccc23)nc2cc(C(=O)OC)cnc21. The lowest BCUT2D eigenvalue weighted by Gasteiger charge is -2.44. The van der Waals surface area contributed by atoms with E-state index < -0.39 is 5.97 Å². The highest BCUT2D eigenvalue weighted by Crippen LogP contribution is 2.44. The zero-order chi connectivity index (χ0) is 20.0. The number of hydrogen-bond donors (Lipinski definition) is 0. The molecule has 29 heavy (non-hydrogen) atoms. The molecule has 0 bridgehead atoms. The Hall–Kier alpha value is -2.45. The second-order valence-electron chi connectivity index (χ2n) is 7.55. The maximum Gasteiger partial charge on any atom is 0.339 e. The van der Waals surface area contributed by atoms with Gasteiger partial charge in [-0.25, -0.2) is 14.8 Å². The van der Waals surface area contributed by atoms with Crippen LogP contribution in [0.1, 0.15) is 40.6 Å². The van der Waals surface area contributed by atoms with Crippen molar-refractivity contribution in [2.75, 3.05) is 31.7 Å². The second kappa shape index (κ2) is 7.11. The molecule has 3 aromatic rings. The number of ether oxygens (including phenoxy) is 2. The summed E-state index contributed by atoms with van der Waals surface area (Å²) in [7, 11) is 1.37. The number of fused-ring (bicyclic) bond motifs is 3. The molecule has 0 atom stereocenters. The topological polar surface area (TPSA) is 69.5 Å². The van der Waals surface area contributed by atoms with Gasteiger partial charge in [-0.2, -0.15) is 0 Å². The predicted molar refractivity (Wildman–Crippen MR) is 112 cm³/mol. The number of nitrogens with zero attached hydrogens (tertiary/aromatic N) is 4. The fourth-order valence-electron chi connectivity index (χ4n) is 4.60. The summed E-state index contributed by atoms with van der Waals surface area (Å²) in [6.45, 7) is 5.42. The molecule has 0 radical (unpaired) electrons. The van der Waals surface area contributed by atoms with Crippen LogP contribution in [0.5, 0.6) is 0 Å². The van der Waals surface area contributed by atoms with E-state index in [1.165, 1.54) is 17.6 Å². The molecule has 1 spiro atoms. The van der Waals surface area contributed by atoms with E-state index in [2.05, 4.69) is 32.8 Å². The van der Waals surface area contributed by atoms with Crippen LogP contribution in [-0.4, -0.2) is 47.3 Å². The minimum absolute atomic E-state index is 0.149. The van der Waals surface area contributed by atoms with E-state index in [0.29, 0.717) is 5.56 Å². The third kappa shape index (κ3) is 2.93. The lowest BCUT2D eigenvalue weighted by Crippen LogP contribution is -2.47. The van der Waals surface area contributed by atoms with E-state index in [1.54, 1.807) is 12.3 Å². The summed E-state index contributed by atoms with van der Waals surface area (Å²) in [4.78, 5) is 25.0. The number of methoxy groups -OCH3 is 1. The van der Waals surface area contributed by atoms with Gasteiger partial charge in [0.25, 0.3) is 0 Å². The lowest BCUT2D eigenvalue weighted by molar-refractivity contribution is -0.0758. The molecule has 152 valence electrons. The van der Waals surface area contributed by atoms with Crippen molar-refractivity contribution in [2.45, 2.75) is 38.3 Å². The maximum atomic E-state index is 11.8. The molecule has 0 amide bonds. The van der Waals surface area contributed by atoms with Crippen molar-refractivity contribution >= 4 is 34.4 Å². The molecule has 0 N–H and O–H groups in total. The number of hydrogen-bond acceptors (Lipinski definition) is 7. The number of imidazole rings is 1. The Kier molecular flexibility index (Phi) is 4.55. The first-order valence-electron chi connectivity index (χ1n) is 10.1. The zero-order valence-corrected chi connectivity index (χ0v) is 17.5. The average molecular weight is 413 g/mol. The molecule has 1 fully saturated rings. The van der Waals surface area contributed by atoms with E-state index in [0.717, 1.165) is 62.6 Å². The fourth-order valence-corrected chi connectivity index (χ4v) is 5.55. The summed E-state index contributed by atoms with van der Waals surface area (Å²) >= 11 is 1.85. The number of carbonyl (C=O) groups excluding carboxylic acids is 1. The monoisotopic (exact) mass is 412 g/mol. The van der Waals surface area contributed by atoms with Crippen LogP contribution in [0, 0.1) is 0 Å². The molecule has 7 nitrogen and oxygen atoms in total. The lowest BCUT2D eigenvalue weighted by atomic mass is 9.82. The molecule has 8 heteroatoms. The number of aryl methyl sites for hydroxylation is 1. The van der Waals surface area contributed by atoms with E-state index in [-0.39, 0.29) is 5.60 Å². The first-order valence-corrected chi connectivity index (χ1v) is 10.9. The van der Waals surface area contributed by atoms with Gasteiger partial charge in [0.1, 0.15) is 5.52 Å². The molecule has 0 saturated carbocycles. The van der Waals surface area contributed by atoms with Gasteiger partial charge < -0.3 is 14.4 Å². The Morgan fingerprint density at radius 3 is 2.97 bits per heavy atom. The van der Waals surface area contributed by atoms with Gasteiger partial charge >= 0.3 is 5.97 Å². The standard InChI is InChI=1S/C21H24N4O3S/c1-3-25-18-16(12-14(13-22-18)19(26)27-2)23-20(25)24-8-6-21(7-9-24)15-5-11-29-17(15)4-10-28-21/h5,11-13H,3-4,6-10H2,1-2H3. The Morgan fingerprint density at radius 2 is 2.21 bits per heavy atom. The van der Waals surface area contributed by atoms with E-state index in [1.807, 2.05) is 11.3 Å². The molecule has 0 aliphatic carbocycles. The van der Waals surface area contributed by atoms with E-state index in [9.17, 15) is 4.79 Å². The van der Waals surface area contributed by atoms with Crippen molar-refractivity contribution in [3.05, 3.63) is 39.7 Å². The van der Waals surface area contributed by atoms with Gasteiger partial charge in [0.2, 0.25) is 5.95 Å². The molecule has 1 saturated heterocycles. The Balaban J connectivity index is 1.44. The summed E-state index contributed by atoms with van der Waals surface area (Å²) in [6.07, 6.45) is 4.48. The van der Waals surface area contributed by atoms with Crippen LogP contribution >= 0.6 is 11.3 Å². The van der Waals surface area contributed by atoms with Crippen LogP contribution in [0.25, 0.3) is 11.2 Å². The average Bonchev–Trinajstić information content (AvgIpc) is 3.38. The molecule has 0 unspecified atom stereocenters. The van der Waals surface area contributed by atoms with Gasteiger partial charge in [0, 0.05) is 37.1 Å². The van der Waals surface area contributed by atoms with Gasteiger partial charge in [-0.3, -0.25) is 4.57 Å². The van der Waals surface area contributed by atoms with Gasteiger partial charge in [-0.1, -0.05) is 0 Å². The number of carbonyl (C=O) groups is 1. The fraction of sp³-hybridized carbons (Fsp3) is 0.476. The number of rotatable bonds is 3. The number of pyridine rings is 1. The molecule has 2 aliphatic heterocycles. The summed E-state index contributed by atoms with van der Waals surface area (Å²) in [5.74, 6) is 0.515. The quantitative estimate of drug-likeness (QED) is 0.615. The minimum Gasteiger partial charge on any atom is -0.465 e. The summed E-state index contributed by atoms with van der Waals surface area (Å²) in [5, 5.41) is 2.19. The summed E-state index contributed by atoms with van der Waals surface area (Å²) in [6, 6.07) is 4.01. The van der Waals surface area contributed by atoms with Gasteiger partial charge in [0.15, 0.2) is 5.65 Å². The molecule has 3 aromatic heterocycles. The van der Waals surface area contributed by atoms with Crippen molar-refractivity contribution in [1.29, 1.82) is 0 Å². The smallest absolute Gasteiger partial charge is 0.339 e. The van der Waals surface area contributed by atoms with Crippen molar-refractivity contribution in [3.63, 3.8) is 0 Å². The maximum absolute atomic E-state index is 11.8. The molecular weight excluding hydrogens is 388 g/mol. The number of anilines is 1.